The molecule has 0 saturated carbocycles. The van der Waals surface area contributed by atoms with Gasteiger partial charge in [0.15, 0.2) is 11.7 Å². The molecule has 2 heterocycles. The number of ether oxygens (including phenoxy) is 1. The minimum Gasteiger partial charge on any atom is -0.504 e. The summed E-state index contributed by atoms with van der Waals surface area (Å²) in [5.41, 5.74) is 1.45. The fourth-order valence-corrected chi connectivity index (χ4v) is 4.74. The summed E-state index contributed by atoms with van der Waals surface area (Å²) in [7, 11) is 0. The number of rotatable bonds is 8. The molecular weight excluding hydrogens is 521 g/mol. The Morgan fingerprint density at radius 1 is 1.30 bits per heavy atom. The van der Waals surface area contributed by atoms with Crippen LogP contribution in [0.15, 0.2) is 41.4 Å². The Morgan fingerprint density at radius 2 is 2.11 bits per heavy atom. The van der Waals surface area contributed by atoms with Gasteiger partial charge in [-0.05, 0) is 37.3 Å². The number of nitrogens with one attached hydrogen (secondary N) is 2. The Morgan fingerprint density at radius 3 is 2.84 bits per heavy atom. The molecule has 1 saturated heterocycles. The highest BCUT2D eigenvalue weighted by molar-refractivity contribution is 6.36. The first kappa shape index (κ1) is 26.6. The van der Waals surface area contributed by atoms with Gasteiger partial charge in [0.05, 0.1) is 36.2 Å². The molecule has 2 amide bonds. The maximum absolute atomic E-state index is 13.7. The molecule has 0 radical (unpaired) electrons. The van der Waals surface area contributed by atoms with Gasteiger partial charge < -0.3 is 30.3 Å². The zero-order valence-electron chi connectivity index (χ0n) is 20.2. The van der Waals surface area contributed by atoms with Gasteiger partial charge in [0, 0.05) is 42.5 Å². The number of benzene rings is 2. The lowest BCUT2D eigenvalue weighted by Crippen LogP contribution is -2.39. The van der Waals surface area contributed by atoms with E-state index in [1.807, 2.05) is 18.2 Å². The predicted molar refractivity (Wildman–Crippen MR) is 143 cm³/mol. The number of aliphatic imine (C=N–C) groups is 1. The van der Waals surface area contributed by atoms with Crippen LogP contribution in [0.1, 0.15) is 19.8 Å². The number of amides is 2. The number of phenols is 1. The first-order valence-electron chi connectivity index (χ1n) is 11.9. The van der Waals surface area contributed by atoms with E-state index in [0.717, 1.165) is 12.2 Å². The smallest absolute Gasteiger partial charge is 0.307 e. The van der Waals surface area contributed by atoms with Crippen LogP contribution in [0.4, 0.5) is 17.1 Å². The quantitative estimate of drug-likeness (QED) is 0.432. The highest BCUT2D eigenvalue weighted by Crippen LogP contribution is 2.39. The van der Waals surface area contributed by atoms with Gasteiger partial charge in [0.1, 0.15) is 0 Å². The number of guanidine groups is 1. The van der Waals surface area contributed by atoms with Crippen LogP contribution < -0.4 is 20.4 Å². The Kier molecular flexibility index (Phi) is 8.40. The minimum atomic E-state index is -0.718. The van der Waals surface area contributed by atoms with Crippen molar-refractivity contribution >= 4 is 64.0 Å². The van der Waals surface area contributed by atoms with Crippen molar-refractivity contribution in [2.45, 2.75) is 19.8 Å². The Labute approximate surface area is 224 Å². The lowest BCUT2D eigenvalue weighted by Gasteiger charge is -2.27. The fraction of sp³-hybridized carbons (Fsp3) is 0.360. The van der Waals surface area contributed by atoms with Crippen LogP contribution in [0.25, 0.3) is 0 Å². The normalized spacial score (nSPS) is 16.8. The number of aromatic hydroxyl groups is 1. The van der Waals surface area contributed by atoms with Crippen LogP contribution in [0.3, 0.4) is 0 Å². The summed E-state index contributed by atoms with van der Waals surface area (Å²) in [5.74, 6) is -1.55. The van der Waals surface area contributed by atoms with E-state index < -0.39 is 17.8 Å². The van der Waals surface area contributed by atoms with E-state index in [4.69, 9.17) is 27.9 Å². The summed E-state index contributed by atoms with van der Waals surface area (Å²) in [4.78, 5) is 45.8. The molecule has 3 N–H and O–H groups in total. The molecule has 2 aromatic rings. The second-order valence-corrected chi connectivity index (χ2v) is 9.38. The third-order valence-electron chi connectivity index (χ3n) is 5.98. The molecule has 10 nitrogen and oxygen atoms in total. The summed E-state index contributed by atoms with van der Waals surface area (Å²) in [6.45, 7) is 3.38. The van der Waals surface area contributed by atoms with E-state index in [0.29, 0.717) is 18.2 Å². The molecule has 0 aliphatic carbocycles. The van der Waals surface area contributed by atoms with E-state index in [9.17, 15) is 19.5 Å². The largest absolute Gasteiger partial charge is 0.504 e. The number of nitrogens with zero attached hydrogens (tertiary/aromatic N) is 3. The molecule has 1 atom stereocenters. The number of esters is 1. The Balaban J connectivity index is 1.55. The second-order valence-electron chi connectivity index (χ2n) is 8.54. The standard InChI is InChI=1S/C25H27Cl2N5O5/c1-2-37-22(34)6-9-31(20-12-16(26)11-19(27)23(20)35)24(36)15-10-21(33)32(14-15)18-5-3-4-17(13-18)30-25-28-7-8-29-25/h3-5,11-13,15,35H,2,6-10,14H2,1H3,(H2,28,29,30). The van der Waals surface area contributed by atoms with Crippen LogP contribution >= 0.6 is 23.2 Å². The SMILES string of the molecule is CCOC(=O)CCN(C(=O)C1CC(=O)N(c2cccc(NC3=NCCN3)c2)C1)c1cc(Cl)cc(Cl)c1O. The number of phenolic OH excluding ortho intramolecular Hbond substituents is 1. The summed E-state index contributed by atoms with van der Waals surface area (Å²) in [5, 5.41) is 17.1. The van der Waals surface area contributed by atoms with Crippen LogP contribution in [-0.2, 0) is 19.1 Å². The van der Waals surface area contributed by atoms with E-state index >= 15 is 0 Å². The molecule has 1 fully saturated rings. The van der Waals surface area contributed by atoms with Crippen molar-refractivity contribution in [3.8, 4) is 5.75 Å². The zero-order chi connectivity index (χ0) is 26.5. The summed E-state index contributed by atoms with van der Waals surface area (Å²) >= 11 is 12.2. The molecule has 37 heavy (non-hydrogen) atoms. The Hall–Kier alpha value is -3.50. The van der Waals surface area contributed by atoms with Gasteiger partial charge in [0.25, 0.3) is 0 Å². The molecule has 4 rings (SSSR count). The molecule has 12 heteroatoms. The number of anilines is 3. The second kappa shape index (κ2) is 11.7. The van der Waals surface area contributed by atoms with E-state index in [1.54, 1.807) is 17.9 Å². The lowest BCUT2D eigenvalue weighted by molar-refractivity contribution is -0.142. The average Bonchev–Trinajstić information content (AvgIpc) is 3.52. The first-order chi connectivity index (χ1) is 17.8. The third-order valence-corrected chi connectivity index (χ3v) is 6.49. The maximum Gasteiger partial charge on any atom is 0.307 e. The average molecular weight is 548 g/mol. The topological polar surface area (TPSA) is 124 Å². The fourth-order valence-electron chi connectivity index (χ4n) is 4.26. The number of hydrogen-bond donors (Lipinski definition) is 3. The molecule has 2 aromatic carbocycles. The molecule has 196 valence electrons. The monoisotopic (exact) mass is 547 g/mol. The van der Waals surface area contributed by atoms with Gasteiger partial charge in [-0.25, -0.2) is 0 Å². The van der Waals surface area contributed by atoms with Crippen molar-refractivity contribution < 1.29 is 24.2 Å². The van der Waals surface area contributed by atoms with Crippen molar-refractivity contribution in [3.63, 3.8) is 0 Å². The van der Waals surface area contributed by atoms with Crippen LogP contribution in [0.2, 0.25) is 10.0 Å². The number of carbonyl (C=O) groups excluding carboxylic acids is 3. The zero-order valence-corrected chi connectivity index (χ0v) is 21.7. The van der Waals surface area contributed by atoms with Gasteiger partial charge in [-0.3, -0.25) is 19.4 Å². The van der Waals surface area contributed by atoms with Gasteiger partial charge >= 0.3 is 5.97 Å². The molecule has 0 spiro atoms. The molecule has 2 aliphatic heterocycles. The summed E-state index contributed by atoms with van der Waals surface area (Å²) < 4.78 is 4.99. The summed E-state index contributed by atoms with van der Waals surface area (Å²) in [6.07, 6.45) is -0.144. The predicted octanol–water partition coefficient (Wildman–Crippen LogP) is 3.41. The van der Waals surface area contributed by atoms with E-state index in [2.05, 4.69) is 15.6 Å². The van der Waals surface area contributed by atoms with Crippen molar-refractivity contribution in [2.24, 2.45) is 10.9 Å². The molecule has 0 bridgehead atoms. The van der Waals surface area contributed by atoms with Crippen LogP contribution in [0, 0.1) is 5.92 Å². The van der Waals surface area contributed by atoms with Gasteiger partial charge in [-0.2, -0.15) is 0 Å². The van der Waals surface area contributed by atoms with Crippen molar-refractivity contribution in [1.82, 2.24) is 5.32 Å². The molecule has 0 aromatic heterocycles. The number of halogens is 2. The van der Waals surface area contributed by atoms with Crippen LogP contribution in [-0.4, -0.2) is 61.6 Å². The van der Waals surface area contributed by atoms with Crippen LogP contribution in [0.5, 0.6) is 5.75 Å². The van der Waals surface area contributed by atoms with E-state index in [-0.39, 0.29) is 59.9 Å². The molecule has 1 unspecified atom stereocenters. The van der Waals surface area contributed by atoms with Gasteiger partial charge in [-0.15, -0.1) is 0 Å². The highest BCUT2D eigenvalue weighted by atomic mass is 35.5. The maximum atomic E-state index is 13.7. The van der Waals surface area contributed by atoms with Gasteiger partial charge in [-0.1, -0.05) is 29.3 Å². The third kappa shape index (κ3) is 6.26. The molecular formula is C25H27Cl2N5O5. The van der Waals surface area contributed by atoms with Crippen molar-refractivity contribution in [2.75, 3.05) is 47.9 Å². The van der Waals surface area contributed by atoms with Gasteiger partial charge in [0.2, 0.25) is 11.8 Å². The van der Waals surface area contributed by atoms with Crippen molar-refractivity contribution in [1.29, 1.82) is 0 Å². The van der Waals surface area contributed by atoms with E-state index in [1.165, 1.54) is 17.0 Å². The minimum absolute atomic E-state index is 0.0320. The number of hydrogen-bond acceptors (Lipinski definition) is 8. The number of carbonyl (C=O) groups is 3. The summed E-state index contributed by atoms with van der Waals surface area (Å²) in [6, 6.07) is 10.0. The first-order valence-corrected chi connectivity index (χ1v) is 12.6. The Bertz CT molecular complexity index is 1240. The van der Waals surface area contributed by atoms with Crippen molar-refractivity contribution in [3.05, 3.63) is 46.4 Å². The highest BCUT2D eigenvalue weighted by Gasteiger charge is 2.38. The molecule has 2 aliphatic rings. The lowest BCUT2D eigenvalue weighted by atomic mass is 10.1.